The third-order valence-corrected chi connectivity index (χ3v) is 3.30. The molecule has 0 aliphatic carbocycles. The molecule has 18 heavy (non-hydrogen) atoms. The first-order chi connectivity index (χ1) is 8.60. The van der Waals surface area contributed by atoms with Gasteiger partial charge >= 0.3 is 0 Å². The molecule has 0 bridgehead atoms. The standard InChI is InChI=1S/C12H7BrCl2FNO/c13-9-4-10(15)12(5-11(9)16)18-8-1-2-17-7(3-8)6-14/h1-5H,6H2. The Labute approximate surface area is 122 Å². The lowest BCUT2D eigenvalue weighted by Gasteiger charge is -2.09. The fourth-order valence-corrected chi connectivity index (χ4v) is 2.13. The van der Waals surface area contributed by atoms with Gasteiger partial charge in [-0.25, -0.2) is 4.39 Å². The lowest BCUT2D eigenvalue weighted by molar-refractivity contribution is 0.475. The van der Waals surface area contributed by atoms with E-state index in [-0.39, 0.29) is 16.1 Å². The van der Waals surface area contributed by atoms with Gasteiger partial charge in [0.25, 0.3) is 0 Å². The van der Waals surface area contributed by atoms with Gasteiger partial charge in [0.05, 0.1) is 21.1 Å². The molecule has 2 nitrogen and oxygen atoms in total. The maximum atomic E-state index is 13.4. The Morgan fingerprint density at radius 3 is 2.83 bits per heavy atom. The minimum atomic E-state index is -0.443. The van der Waals surface area contributed by atoms with Crippen LogP contribution in [-0.2, 0) is 5.88 Å². The first kappa shape index (κ1) is 13.6. The van der Waals surface area contributed by atoms with Gasteiger partial charge in [-0.05, 0) is 28.1 Å². The van der Waals surface area contributed by atoms with Gasteiger partial charge in [-0.2, -0.15) is 0 Å². The molecule has 1 aromatic heterocycles. The molecule has 94 valence electrons. The minimum Gasteiger partial charge on any atom is -0.456 e. The lowest BCUT2D eigenvalue weighted by atomic mass is 10.3. The van der Waals surface area contributed by atoms with Gasteiger partial charge in [-0.1, -0.05) is 11.6 Å². The Hall–Kier alpha value is -0.840. The Balaban J connectivity index is 2.30. The highest BCUT2D eigenvalue weighted by Gasteiger charge is 2.09. The molecule has 0 radical (unpaired) electrons. The number of benzene rings is 1. The van der Waals surface area contributed by atoms with Crippen molar-refractivity contribution in [3.63, 3.8) is 0 Å². The molecule has 0 spiro atoms. The third-order valence-electron chi connectivity index (χ3n) is 2.13. The summed E-state index contributed by atoms with van der Waals surface area (Å²) in [4.78, 5) is 4.03. The molecule has 0 saturated heterocycles. The Kier molecular flexibility index (Phi) is 4.43. The van der Waals surface area contributed by atoms with Crippen molar-refractivity contribution < 1.29 is 9.13 Å². The average Bonchev–Trinajstić information content (AvgIpc) is 2.36. The van der Waals surface area contributed by atoms with Crippen molar-refractivity contribution in [2.24, 2.45) is 0 Å². The summed E-state index contributed by atoms with van der Waals surface area (Å²) in [5.74, 6) is 0.578. The molecule has 2 rings (SSSR count). The molecule has 0 amide bonds. The van der Waals surface area contributed by atoms with Crippen LogP contribution in [-0.4, -0.2) is 4.98 Å². The summed E-state index contributed by atoms with van der Waals surface area (Å²) in [5.41, 5.74) is 0.669. The second kappa shape index (κ2) is 5.87. The van der Waals surface area contributed by atoms with Crippen molar-refractivity contribution in [1.82, 2.24) is 4.98 Å². The van der Waals surface area contributed by atoms with E-state index < -0.39 is 5.82 Å². The Bertz CT molecular complexity index is 580. The summed E-state index contributed by atoms with van der Waals surface area (Å²) in [6.45, 7) is 0. The van der Waals surface area contributed by atoms with E-state index in [0.717, 1.165) is 0 Å². The van der Waals surface area contributed by atoms with Gasteiger partial charge in [0.15, 0.2) is 0 Å². The van der Waals surface area contributed by atoms with E-state index in [1.807, 2.05) is 0 Å². The van der Waals surface area contributed by atoms with E-state index in [1.54, 1.807) is 18.3 Å². The maximum Gasteiger partial charge on any atom is 0.149 e. The predicted molar refractivity (Wildman–Crippen MR) is 73.0 cm³/mol. The second-order valence-corrected chi connectivity index (χ2v) is 4.94. The van der Waals surface area contributed by atoms with Crippen molar-refractivity contribution in [2.75, 3.05) is 0 Å². The number of hydrogen-bond acceptors (Lipinski definition) is 2. The topological polar surface area (TPSA) is 22.1 Å². The molecule has 0 unspecified atom stereocenters. The number of aromatic nitrogens is 1. The van der Waals surface area contributed by atoms with E-state index in [0.29, 0.717) is 16.5 Å². The molecule has 1 aromatic carbocycles. The number of pyridine rings is 1. The number of nitrogens with zero attached hydrogens (tertiary/aromatic N) is 1. The molecule has 0 N–H and O–H groups in total. The van der Waals surface area contributed by atoms with Gasteiger partial charge in [-0.15, -0.1) is 11.6 Å². The van der Waals surface area contributed by atoms with Gasteiger partial charge in [0, 0.05) is 18.3 Å². The zero-order chi connectivity index (χ0) is 13.1. The zero-order valence-corrected chi connectivity index (χ0v) is 12.1. The summed E-state index contributed by atoms with van der Waals surface area (Å²) < 4.78 is 19.2. The Morgan fingerprint density at radius 1 is 1.33 bits per heavy atom. The SMILES string of the molecule is Fc1cc(Oc2ccnc(CCl)c2)c(Cl)cc1Br. The van der Waals surface area contributed by atoms with Crippen molar-refractivity contribution in [2.45, 2.75) is 5.88 Å². The molecular weight excluding hydrogens is 344 g/mol. The highest BCUT2D eigenvalue weighted by molar-refractivity contribution is 9.10. The smallest absolute Gasteiger partial charge is 0.149 e. The van der Waals surface area contributed by atoms with Gasteiger partial charge < -0.3 is 4.74 Å². The summed E-state index contributed by atoms with van der Waals surface area (Å²) in [6, 6.07) is 5.97. The van der Waals surface area contributed by atoms with Crippen LogP contribution in [0.15, 0.2) is 34.9 Å². The van der Waals surface area contributed by atoms with Crippen LogP contribution in [0.1, 0.15) is 5.69 Å². The van der Waals surface area contributed by atoms with Crippen LogP contribution in [0.5, 0.6) is 11.5 Å². The fraction of sp³-hybridized carbons (Fsp3) is 0.0833. The predicted octanol–water partition coefficient (Wildman–Crippen LogP) is 5.17. The third kappa shape index (κ3) is 3.13. The number of ether oxygens (including phenoxy) is 1. The van der Waals surface area contributed by atoms with E-state index in [2.05, 4.69) is 20.9 Å². The molecule has 6 heteroatoms. The zero-order valence-electron chi connectivity index (χ0n) is 8.96. The highest BCUT2D eigenvalue weighted by atomic mass is 79.9. The van der Waals surface area contributed by atoms with Crippen molar-refractivity contribution >= 4 is 39.1 Å². The molecule has 0 saturated carbocycles. The van der Waals surface area contributed by atoms with Crippen LogP contribution >= 0.6 is 39.1 Å². The monoisotopic (exact) mass is 349 g/mol. The first-order valence-electron chi connectivity index (χ1n) is 4.93. The molecule has 0 aliphatic heterocycles. The largest absolute Gasteiger partial charge is 0.456 e. The van der Waals surface area contributed by atoms with E-state index in [4.69, 9.17) is 27.9 Å². The second-order valence-electron chi connectivity index (χ2n) is 3.42. The van der Waals surface area contributed by atoms with Crippen LogP contribution in [0, 0.1) is 5.82 Å². The van der Waals surface area contributed by atoms with Gasteiger partial charge in [0.2, 0.25) is 0 Å². The van der Waals surface area contributed by atoms with E-state index in [1.165, 1.54) is 12.1 Å². The number of alkyl halides is 1. The van der Waals surface area contributed by atoms with Crippen LogP contribution in [0.4, 0.5) is 4.39 Å². The number of hydrogen-bond donors (Lipinski definition) is 0. The van der Waals surface area contributed by atoms with E-state index in [9.17, 15) is 4.39 Å². The molecule has 0 aliphatic rings. The number of rotatable bonds is 3. The summed E-state index contributed by atoms with van der Waals surface area (Å²) in [5, 5.41) is 0.313. The normalized spacial score (nSPS) is 10.4. The van der Waals surface area contributed by atoms with Crippen molar-refractivity contribution in [3.8, 4) is 11.5 Å². The molecule has 2 aromatic rings. The van der Waals surface area contributed by atoms with Gasteiger partial charge in [0.1, 0.15) is 17.3 Å². The molecule has 1 heterocycles. The lowest BCUT2D eigenvalue weighted by Crippen LogP contribution is -1.90. The number of halogens is 4. The van der Waals surface area contributed by atoms with Crippen molar-refractivity contribution in [1.29, 1.82) is 0 Å². The maximum absolute atomic E-state index is 13.4. The summed E-state index contributed by atoms with van der Waals surface area (Å²) in [7, 11) is 0. The molecule has 0 fully saturated rings. The van der Waals surface area contributed by atoms with Crippen molar-refractivity contribution in [3.05, 3.63) is 51.5 Å². The van der Waals surface area contributed by atoms with E-state index >= 15 is 0 Å². The van der Waals surface area contributed by atoms with Gasteiger partial charge in [-0.3, -0.25) is 4.98 Å². The Morgan fingerprint density at radius 2 is 2.11 bits per heavy atom. The highest BCUT2D eigenvalue weighted by Crippen LogP contribution is 2.33. The van der Waals surface area contributed by atoms with Crippen LogP contribution < -0.4 is 4.74 Å². The minimum absolute atomic E-state index is 0.240. The molecular formula is C12H7BrCl2FNO. The summed E-state index contributed by atoms with van der Waals surface area (Å²) >= 11 is 14.7. The average molecular weight is 351 g/mol. The van der Waals surface area contributed by atoms with Crippen LogP contribution in [0.25, 0.3) is 0 Å². The fourth-order valence-electron chi connectivity index (χ4n) is 1.30. The van der Waals surface area contributed by atoms with Crippen LogP contribution in [0.3, 0.4) is 0 Å². The molecule has 0 atom stereocenters. The summed E-state index contributed by atoms with van der Waals surface area (Å²) in [6.07, 6.45) is 1.57. The van der Waals surface area contributed by atoms with Crippen LogP contribution in [0.2, 0.25) is 5.02 Å². The first-order valence-corrected chi connectivity index (χ1v) is 6.64. The quantitative estimate of drug-likeness (QED) is 0.563.